The summed E-state index contributed by atoms with van der Waals surface area (Å²) in [5, 5.41) is 0. The Hall–Kier alpha value is -3.52. The maximum absolute atomic E-state index is 5.93. The van der Waals surface area contributed by atoms with Crippen molar-refractivity contribution in [2.75, 3.05) is 11.5 Å². The first-order valence-corrected chi connectivity index (χ1v) is 14.4. The van der Waals surface area contributed by atoms with Crippen LogP contribution in [-0.2, 0) is 0 Å². The standard InChI is InChI=1S/C36H44N2/c1-4-7-8-9-36(30-14-10-26(11-15-30)34(5-2)28-18-22-32(37)23-19-28)31-16-12-27(13-17-31)35(6-3)29-20-24-33(38)25-21-29/h10-25,34-36H,4-9,37-38H2,1-3H3. The van der Waals surface area contributed by atoms with Gasteiger partial charge in [0, 0.05) is 29.1 Å². The van der Waals surface area contributed by atoms with Gasteiger partial charge in [0.05, 0.1) is 0 Å². The molecule has 0 spiro atoms. The van der Waals surface area contributed by atoms with Crippen molar-refractivity contribution in [1.29, 1.82) is 0 Å². The molecule has 38 heavy (non-hydrogen) atoms. The van der Waals surface area contributed by atoms with Gasteiger partial charge in [-0.25, -0.2) is 0 Å². The van der Waals surface area contributed by atoms with Crippen LogP contribution in [-0.4, -0.2) is 0 Å². The molecule has 2 unspecified atom stereocenters. The van der Waals surface area contributed by atoms with Gasteiger partial charge in [0.15, 0.2) is 0 Å². The number of nitrogen functional groups attached to an aromatic ring is 2. The maximum Gasteiger partial charge on any atom is 0.0314 e. The zero-order valence-corrected chi connectivity index (χ0v) is 23.4. The molecule has 0 bridgehead atoms. The summed E-state index contributed by atoms with van der Waals surface area (Å²) in [4.78, 5) is 0. The molecule has 0 aromatic heterocycles. The molecule has 0 fully saturated rings. The van der Waals surface area contributed by atoms with Crippen LogP contribution in [0.3, 0.4) is 0 Å². The molecular weight excluding hydrogens is 460 g/mol. The monoisotopic (exact) mass is 504 g/mol. The van der Waals surface area contributed by atoms with Gasteiger partial charge in [0.1, 0.15) is 0 Å². The number of hydrogen-bond acceptors (Lipinski definition) is 2. The Labute approximate surface area is 230 Å². The molecule has 198 valence electrons. The van der Waals surface area contributed by atoms with E-state index in [2.05, 4.69) is 93.6 Å². The minimum absolute atomic E-state index is 0.391. The molecule has 0 saturated heterocycles. The van der Waals surface area contributed by atoms with Crippen molar-refractivity contribution >= 4 is 11.4 Å². The topological polar surface area (TPSA) is 52.0 Å². The normalized spacial score (nSPS) is 13.7. The Morgan fingerprint density at radius 3 is 1.00 bits per heavy atom. The third-order valence-corrected chi connectivity index (χ3v) is 8.07. The molecule has 2 atom stereocenters. The number of benzene rings is 4. The van der Waals surface area contributed by atoms with E-state index in [1.54, 1.807) is 0 Å². The third kappa shape index (κ3) is 6.67. The zero-order valence-electron chi connectivity index (χ0n) is 23.4. The average Bonchev–Trinajstić information content (AvgIpc) is 2.95. The van der Waals surface area contributed by atoms with E-state index in [4.69, 9.17) is 11.5 Å². The Morgan fingerprint density at radius 1 is 0.421 bits per heavy atom. The molecule has 2 nitrogen and oxygen atoms in total. The zero-order chi connectivity index (χ0) is 26.9. The van der Waals surface area contributed by atoms with Crippen molar-refractivity contribution in [3.63, 3.8) is 0 Å². The first-order chi connectivity index (χ1) is 18.5. The molecule has 4 N–H and O–H groups in total. The summed E-state index contributed by atoms with van der Waals surface area (Å²) in [7, 11) is 0. The fourth-order valence-corrected chi connectivity index (χ4v) is 5.83. The molecule has 0 aliphatic carbocycles. The van der Waals surface area contributed by atoms with Gasteiger partial charge in [0.25, 0.3) is 0 Å². The molecule has 2 heteroatoms. The van der Waals surface area contributed by atoms with Gasteiger partial charge in [-0.2, -0.15) is 0 Å². The SMILES string of the molecule is CCCCCC(c1ccc(C(CC)c2ccc(N)cc2)cc1)c1ccc(C(CC)c2ccc(N)cc2)cc1. The van der Waals surface area contributed by atoms with E-state index in [0.29, 0.717) is 17.8 Å². The van der Waals surface area contributed by atoms with Gasteiger partial charge in [0.2, 0.25) is 0 Å². The molecule has 4 aromatic carbocycles. The largest absolute Gasteiger partial charge is 0.399 e. The van der Waals surface area contributed by atoms with Gasteiger partial charge in [-0.05, 0) is 76.9 Å². The molecular formula is C36H44N2. The summed E-state index contributed by atoms with van der Waals surface area (Å²) in [6.07, 6.45) is 7.07. The molecule has 4 aromatic rings. The fraction of sp³-hybridized carbons (Fsp3) is 0.333. The second kappa shape index (κ2) is 13.3. The molecule has 4 rings (SSSR count). The quantitative estimate of drug-likeness (QED) is 0.149. The van der Waals surface area contributed by atoms with Crippen LogP contribution in [0.15, 0.2) is 97.1 Å². The predicted octanol–water partition coefficient (Wildman–Crippen LogP) is 9.65. The first kappa shape index (κ1) is 27.5. The average molecular weight is 505 g/mol. The van der Waals surface area contributed by atoms with Gasteiger partial charge in [-0.15, -0.1) is 0 Å². The van der Waals surface area contributed by atoms with Crippen molar-refractivity contribution in [1.82, 2.24) is 0 Å². The number of anilines is 2. The lowest BCUT2D eigenvalue weighted by molar-refractivity contribution is 0.618. The van der Waals surface area contributed by atoms with E-state index >= 15 is 0 Å². The van der Waals surface area contributed by atoms with Crippen molar-refractivity contribution in [2.45, 2.75) is 77.0 Å². The van der Waals surface area contributed by atoms with Crippen LogP contribution in [0.2, 0.25) is 0 Å². The Morgan fingerprint density at radius 2 is 0.711 bits per heavy atom. The van der Waals surface area contributed by atoms with Crippen molar-refractivity contribution in [2.24, 2.45) is 0 Å². The third-order valence-electron chi connectivity index (χ3n) is 8.07. The number of hydrogen-bond donors (Lipinski definition) is 2. The maximum atomic E-state index is 5.93. The fourth-order valence-electron chi connectivity index (χ4n) is 5.83. The number of unbranched alkanes of at least 4 members (excludes halogenated alkanes) is 2. The molecule has 0 saturated carbocycles. The van der Waals surface area contributed by atoms with E-state index in [9.17, 15) is 0 Å². The minimum Gasteiger partial charge on any atom is -0.399 e. The predicted molar refractivity (Wildman–Crippen MR) is 165 cm³/mol. The lowest BCUT2D eigenvalue weighted by Crippen LogP contribution is -2.05. The van der Waals surface area contributed by atoms with Crippen LogP contribution in [0.5, 0.6) is 0 Å². The Balaban J connectivity index is 1.58. The molecule has 0 aliphatic heterocycles. The van der Waals surface area contributed by atoms with Crippen LogP contribution in [0.25, 0.3) is 0 Å². The highest BCUT2D eigenvalue weighted by Gasteiger charge is 2.18. The number of rotatable bonds is 12. The van der Waals surface area contributed by atoms with E-state index in [-0.39, 0.29) is 0 Å². The van der Waals surface area contributed by atoms with Crippen molar-refractivity contribution in [3.05, 3.63) is 130 Å². The summed E-state index contributed by atoms with van der Waals surface area (Å²) >= 11 is 0. The van der Waals surface area contributed by atoms with Crippen LogP contribution < -0.4 is 11.5 Å². The summed E-state index contributed by atoms with van der Waals surface area (Å²) in [6.45, 7) is 6.80. The second-order valence-corrected chi connectivity index (χ2v) is 10.6. The van der Waals surface area contributed by atoms with Crippen molar-refractivity contribution < 1.29 is 0 Å². The summed E-state index contributed by atoms with van der Waals surface area (Å²) in [6, 6.07) is 35.5. The van der Waals surface area contributed by atoms with E-state index in [1.807, 2.05) is 24.3 Å². The lowest BCUT2D eigenvalue weighted by Gasteiger charge is -2.22. The molecule has 0 radical (unpaired) electrons. The highest BCUT2D eigenvalue weighted by atomic mass is 14.5. The summed E-state index contributed by atoms with van der Waals surface area (Å²) in [5.41, 5.74) is 21.7. The number of nitrogens with two attached hydrogens (primary N) is 2. The Kier molecular flexibility index (Phi) is 9.65. The van der Waals surface area contributed by atoms with Crippen molar-refractivity contribution in [3.8, 4) is 0 Å². The summed E-state index contributed by atoms with van der Waals surface area (Å²) in [5.74, 6) is 1.20. The smallest absolute Gasteiger partial charge is 0.0314 e. The lowest BCUT2D eigenvalue weighted by atomic mass is 9.82. The molecule has 0 heterocycles. The highest BCUT2D eigenvalue weighted by Crippen LogP contribution is 2.35. The van der Waals surface area contributed by atoms with E-state index < -0.39 is 0 Å². The van der Waals surface area contributed by atoms with Crippen LogP contribution in [0.4, 0.5) is 11.4 Å². The van der Waals surface area contributed by atoms with E-state index in [1.165, 1.54) is 59.1 Å². The van der Waals surface area contributed by atoms with Crippen LogP contribution in [0.1, 0.15) is 110 Å². The van der Waals surface area contributed by atoms with Gasteiger partial charge in [-0.1, -0.05) is 113 Å². The minimum atomic E-state index is 0.391. The molecule has 0 aliphatic rings. The highest BCUT2D eigenvalue weighted by molar-refractivity contribution is 5.45. The Bertz CT molecular complexity index is 1140. The van der Waals surface area contributed by atoms with Gasteiger partial charge in [-0.3, -0.25) is 0 Å². The van der Waals surface area contributed by atoms with Gasteiger partial charge >= 0.3 is 0 Å². The molecule has 0 amide bonds. The second-order valence-electron chi connectivity index (χ2n) is 10.6. The van der Waals surface area contributed by atoms with Crippen LogP contribution in [0, 0.1) is 0 Å². The van der Waals surface area contributed by atoms with Crippen LogP contribution >= 0.6 is 0 Å². The van der Waals surface area contributed by atoms with Gasteiger partial charge < -0.3 is 11.5 Å². The van der Waals surface area contributed by atoms with E-state index in [0.717, 1.165) is 24.2 Å². The first-order valence-electron chi connectivity index (χ1n) is 14.4. The summed E-state index contributed by atoms with van der Waals surface area (Å²) < 4.78 is 0.